The molecule has 27 heavy (non-hydrogen) atoms. The molecule has 0 heterocycles. The van der Waals surface area contributed by atoms with Gasteiger partial charge in [-0.25, -0.2) is 0 Å². The van der Waals surface area contributed by atoms with E-state index in [4.69, 9.17) is 4.74 Å². The van der Waals surface area contributed by atoms with Crippen LogP contribution in [0.5, 0.6) is 5.75 Å². The lowest BCUT2D eigenvalue weighted by Crippen LogP contribution is -1.96. The molecule has 5 nitrogen and oxygen atoms in total. The Morgan fingerprint density at radius 2 is 1.67 bits per heavy atom. The van der Waals surface area contributed by atoms with Crippen LogP contribution in [-0.4, -0.2) is 11.1 Å². The Balaban J connectivity index is 1.58. The Bertz CT molecular complexity index is 962. The first kappa shape index (κ1) is 18.3. The molecule has 0 radical (unpaired) electrons. The zero-order valence-electron chi connectivity index (χ0n) is 15.3. The normalized spacial score (nSPS) is 10.9. The quantitative estimate of drug-likeness (QED) is 0.329. The molecule has 0 aromatic heterocycles. The topological polar surface area (TPSA) is 64.7 Å². The van der Waals surface area contributed by atoms with Crippen LogP contribution in [0.4, 0.5) is 11.4 Å². The number of ether oxygens (including phenoxy) is 1. The largest absolute Gasteiger partial charge is 0.489 e. The van der Waals surface area contributed by atoms with Crippen molar-refractivity contribution in [3.63, 3.8) is 0 Å². The summed E-state index contributed by atoms with van der Waals surface area (Å²) < 4.78 is 5.72. The molecular weight excluding hydrogens is 340 g/mol. The first-order chi connectivity index (χ1) is 13.0. The van der Waals surface area contributed by atoms with Gasteiger partial charge < -0.3 is 4.74 Å². The minimum Gasteiger partial charge on any atom is -0.489 e. The number of rotatable bonds is 6. The summed E-state index contributed by atoms with van der Waals surface area (Å²) in [6.45, 7) is 4.51. The predicted molar refractivity (Wildman–Crippen MR) is 107 cm³/mol. The number of nitro benzene ring substituents is 1. The van der Waals surface area contributed by atoms with Gasteiger partial charge in [0.25, 0.3) is 5.69 Å². The van der Waals surface area contributed by atoms with Gasteiger partial charge in [-0.15, -0.1) is 0 Å². The lowest BCUT2D eigenvalue weighted by atomic mass is 10.1. The van der Waals surface area contributed by atoms with Crippen molar-refractivity contribution in [3.8, 4) is 5.75 Å². The maximum Gasteiger partial charge on any atom is 0.269 e. The fraction of sp³-hybridized carbons (Fsp3) is 0.136. The van der Waals surface area contributed by atoms with E-state index in [-0.39, 0.29) is 5.69 Å². The van der Waals surface area contributed by atoms with Crippen molar-refractivity contribution < 1.29 is 9.66 Å². The molecule has 5 heteroatoms. The van der Waals surface area contributed by atoms with Gasteiger partial charge in [0.2, 0.25) is 0 Å². The molecule has 3 aromatic rings. The summed E-state index contributed by atoms with van der Waals surface area (Å²) >= 11 is 0. The number of benzene rings is 3. The highest BCUT2D eigenvalue weighted by Gasteiger charge is 2.04. The Kier molecular flexibility index (Phi) is 5.61. The smallest absolute Gasteiger partial charge is 0.269 e. The van der Waals surface area contributed by atoms with Crippen LogP contribution in [0, 0.1) is 24.0 Å². The number of nitrogens with zero attached hydrogens (tertiary/aromatic N) is 2. The second-order valence-electron chi connectivity index (χ2n) is 6.31. The highest BCUT2D eigenvalue weighted by Crippen LogP contribution is 2.18. The van der Waals surface area contributed by atoms with Crippen molar-refractivity contribution in [1.29, 1.82) is 0 Å². The summed E-state index contributed by atoms with van der Waals surface area (Å²) in [4.78, 5) is 14.8. The van der Waals surface area contributed by atoms with Gasteiger partial charge in [-0.1, -0.05) is 6.07 Å². The van der Waals surface area contributed by atoms with Crippen LogP contribution in [0.3, 0.4) is 0 Å². The minimum atomic E-state index is -0.414. The van der Waals surface area contributed by atoms with Crippen LogP contribution in [0.25, 0.3) is 0 Å². The van der Waals surface area contributed by atoms with Gasteiger partial charge in [0.15, 0.2) is 0 Å². The molecule has 0 saturated heterocycles. The molecule has 0 fully saturated rings. The molecule has 0 aliphatic rings. The van der Waals surface area contributed by atoms with Crippen molar-refractivity contribution in [2.75, 3.05) is 0 Å². The van der Waals surface area contributed by atoms with E-state index in [1.165, 1.54) is 23.3 Å². The van der Waals surface area contributed by atoms with Crippen LogP contribution < -0.4 is 4.74 Å². The zero-order chi connectivity index (χ0) is 19.2. The molecule has 0 aliphatic heterocycles. The standard InChI is InChI=1S/C22H20N2O3/c1-16-3-8-20(13-17(16)2)23-14-18-6-11-22(12-7-18)27-15-19-4-9-21(10-5-19)24(25)26/h3-14H,15H2,1-2H3. The number of hydrogen-bond donors (Lipinski definition) is 0. The molecule has 0 saturated carbocycles. The van der Waals surface area contributed by atoms with Gasteiger partial charge in [-0.05, 0) is 84.6 Å². The third kappa shape index (κ3) is 5.01. The van der Waals surface area contributed by atoms with Crippen molar-refractivity contribution in [3.05, 3.63) is 99.1 Å². The Morgan fingerprint density at radius 1 is 0.963 bits per heavy atom. The Morgan fingerprint density at radius 3 is 2.30 bits per heavy atom. The molecule has 0 N–H and O–H groups in total. The highest BCUT2D eigenvalue weighted by atomic mass is 16.6. The summed E-state index contributed by atoms with van der Waals surface area (Å²) in [6.07, 6.45) is 1.82. The van der Waals surface area contributed by atoms with E-state index in [1.807, 2.05) is 36.5 Å². The number of hydrogen-bond acceptors (Lipinski definition) is 4. The minimum absolute atomic E-state index is 0.0751. The number of aryl methyl sites for hydroxylation is 2. The fourth-order valence-corrected chi connectivity index (χ4v) is 2.49. The predicted octanol–water partition coefficient (Wildman–Crippen LogP) is 5.54. The summed E-state index contributed by atoms with van der Waals surface area (Å²) in [5.74, 6) is 0.733. The van der Waals surface area contributed by atoms with E-state index in [9.17, 15) is 10.1 Å². The first-order valence-electron chi connectivity index (χ1n) is 8.59. The van der Waals surface area contributed by atoms with Gasteiger partial charge in [0.05, 0.1) is 10.6 Å². The van der Waals surface area contributed by atoms with Crippen molar-refractivity contribution in [2.45, 2.75) is 20.5 Å². The molecule has 0 unspecified atom stereocenters. The summed E-state index contributed by atoms with van der Waals surface area (Å²) in [5.41, 5.74) is 5.34. The number of nitro groups is 1. The van der Waals surface area contributed by atoms with Crippen LogP contribution in [0.1, 0.15) is 22.3 Å². The Labute approximate surface area is 158 Å². The van der Waals surface area contributed by atoms with Gasteiger partial charge in [-0.2, -0.15) is 0 Å². The van der Waals surface area contributed by atoms with Crippen LogP contribution in [0.15, 0.2) is 71.7 Å². The molecule has 0 atom stereocenters. The molecule has 3 rings (SSSR count). The number of non-ortho nitro benzene ring substituents is 1. The number of aliphatic imine (C=N–C) groups is 1. The fourth-order valence-electron chi connectivity index (χ4n) is 2.49. The van der Waals surface area contributed by atoms with E-state index in [1.54, 1.807) is 12.1 Å². The van der Waals surface area contributed by atoms with E-state index < -0.39 is 4.92 Å². The van der Waals surface area contributed by atoms with Gasteiger partial charge >= 0.3 is 0 Å². The molecule has 136 valence electrons. The lowest BCUT2D eigenvalue weighted by Gasteiger charge is -2.06. The van der Waals surface area contributed by atoms with Crippen molar-refractivity contribution >= 4 is 17.6 Å². The molecular formula is C22H20N2O3. The summed E-state index contributed by atoms with van der Waals surface area (Å²) in [5, 5.41) is 10.7. The van der Waals surface area contributed by atoms with Crippen LogP contribution in [0.2, 0.25) is 0 Å². The van der Waals surface area contributed by atoms with Gasteiger partial charge in [0.1, 0.15) is 12.4 Å². The zero-order valence-corrected chi connectivity index (χ0v) is 15.3. The lowest BCUT2D eigenvalue weighted by molar-refractivity contribution is -0.384. The highest BCUT2D eigenvalue weighted by molar-refractivity contribution is 5.82. The molecule has 0 aliphatic carbocycles. The van der Waals surface area contributed by atoms with Crippen molar-refractivity contribution in [2.24, 2.45) is 4.99 Å². The van der Waals surface area contributed by atoms with E-state index in [0.717, 1.165) is 22.6 Å². The molecule has 0 bridgehead atoms. The Hall–Kier alpha value is -3.47. The molecule has 0 amide bonds. The van der Waals surface area contributed by atoms with E-state index >= 15 is 0 Å². The third-order valence-electron chi connectivity index (χ3n) is 4.29. The van der Waals surface area contributed by atoms with Gasteiger partial charge in [0, 0.05) is 18.3 Å². The van der Waals surface area contributed by atoms with Gasteiger partial charge in [-0.3, -0.25) is 15.1 Å². The molecule has 3 aromatic carbocycles. The third-order valence-corrected chi connectivity index (χ3v) is 4.29. The maximum absolute atomic E-state index is 10.7. The van der Waals surface area contributed by atoms with E-state index in [2.05, 4.69) is 31.0 Å². The average Bonchev–Trinajstić information content (AvgIpc) is 2.68. The summed E-state index contributed by atoms with van der Waals surface area (Å²) in [7, 11) is 0. The SMILES string of the molecule is Cc1ccc(N=Cc2ccc(OCc3ccc([N+](=O)[O-])cc3)cc2)cc1C. The van der Waals surface area contributed by atoms with Crippen LogP contribution in [-0.2, 0) is 6.61 Å². The second-order valence-corrected chi connectivity index (χ2v) is 6.31. The maximum atomic E-state index is 10.7. The molecule has 0 spiro atoms. The first-order valence-corrected chi connectivity index (χ1v) is 8.59. The van der Waals surface area contributed by atoms with E-state index in [0.29, 0.717) is 6.61 Å². The van der Waals surface area contributed by atoms with Crippen molar-refractivity contribution in [1.82, 2.24) is 0 Å². The summed E-state index contributed by atoms with van der Waals surface area (Å²) in [6, 6.07) is 20.1. The van der Waals surface area contributed by atoms with Crippen LogP contribution >= 0.6 is 0 Å². The monoisotopic (exact) mass is 360 g/mol. The second kappa shape index (κ2) is 8.27. The average molecular weight is 360 g/mol.